The lowest BCUT2D eigenvalue weighted by atomic mass is 10.2. The Kier molecular flexibility index (Phi) is 1.81. The topological polar surface area (TPSA) is 37.3 Å². The SMILES string of the molecule is CCC1=C(O)CSC1=O. The molecule has 1 heterocycles. The second-order valence-electron chi connectivity index (χ2n) is 1.85. The summed E-state index contributed by atoms with van der Waals surface area (Å²) in [4.78, 5) is 10.8. The maximum absolute atomic E-state index is 10.8. The van der Waals surface area contributed by atoms with Crippen LogP contribution in [0.25, 0.3) is 0 Å². The highest BCUT2D eigenvalue weighted by Crippen LogP contribution is 2.26. The zero-order valence-electron chi connectivity index (χ0n) is 5.18. The quantitative estimate of drug-likeness (QED) is 0.605. The molecule has 2 nitrogen and oxygen atoms in total. The molecule has 0 spiro atoms. The highest BCUT2D eigenvalue weighted by Gasteiger charge is 2.20. The Morgan fingerprint density at radius 2 is 2.44 bits per heavy atom. The lowest BCUT2D eigenvalue weighted by Gasteiger charge is -1.90. The summed E-state index contributed by atoms with van der Waals surface area (Å²) in [5.74, 6) is 0.745. The molecule has 0 aliphatic carbocycles. The highest BCUT2D eigenvalue weighted by molar-refractivity contribution is 8.14. The molecule has 0 bridgehead atoms. The van der Waals surface area contributed by atoms with Gasteiger partial charge in [0, 0.05) is 5.57 Å². The van der Waals surface area contributed by atoms with Crippen LogP contribution in [-0.2, 0) is 4.79 Å². The number of thioether (sulfide) groups is 1. The van der Waals surface area contributed by atoms with E-state index in [1.54, 1.807) is 0 Å². The number of aliphatic hydroxyl groups excluding tert-OH is 1. The van der Waals surface area contributed by atoms with E-state index in [1.165, 1.54) is 11.8 Å². The van der Waals surface area contributed by atoms with E-state index in [1.807, 2.05) is 6.92 Å². The molecule has 0 aromatic rings. The second kappa shape index (κ2) is 2.43. The minimum absolute atomic E-state index is 0.0370. The predicted octanol–water partition coefficient (Wildman–Crippen LogP) is 1.48. The van der Waals surface area contributed by atoms with Crippen LogP contribution in [0.1, 0.15) is 13.3 Å². The average Bonchev–Trinajstić information content (AvgIpc) is 2.12. The molecule has 3 heteroatoms. The van der Waals surface area contributed by atoms with Crippen molar-refractivity contribution in [1.82, 2.24) is 0 Å². The molecule has 0 saturated carbocycles. The van der Waals surface area contributed by atoms with E-state index in [4.69, 9.17) is 5.11 Å². The van der Waals surface area contributed by atoms with Gasteiger partial charge >= 0.3 is 0 Å². The molecule has 50 valence electrons. The molecule has 0 atom stereocenters. The van der Waals surface area contributed by atoms with Crippen LogP contribution in [0.2, 0.25) is 0 Å². The van der Waals surface area contributed by atoms with Gasteiger partial charge in [0.1, 0.15) is 5.76 Å². The van der Waals surface area contributed by atoms with Gasteiger partial charge in [-0.05, 0) is 6.42 Å². The van der Waals surface area contributed by atoms with Crippen LogP contribution in [0.5, 0.6) is 0 Å². The fourth-order valence-corrected chi connectivity index (χ4v) is 1.65. The Balaban J connectivity index is 2.82. The van der Waals surface area contributed by atoms with Gasteiger partial charge in [-0.15, -0.1) is 0 Å². The van der Waals surface area contributed by atoms with Crippen molar-refractivity contribution in [3.05, 3.63) is 11.3 Å². The summed E-state index contributed by atoms with van der Waals surface area (Å²) in [5, 5.41) is 9.03. The van der Waals surface area contributed by atoms with Crippen molar-refractivity contribution >= 4 is 16.9 Å². The van der Waals surface area contributed by atoms with E-state index in [0.29, 0.717) is 17.7 Å². The van der Waals surface area contributed by atoms with Crippen LogP contribution in [-0.4, -0.2) is 16.0 Å². The molecule has 1 N–H and O–H groups in total. The molecule has 1 aliphatic heterocycles. The lowest BCUT2D eigenvalue weighted by Crippen LogP contribution is -1.90. The molecule has 0 fully saturated rings. The van der Waals surface area contributed by atoms with Crippen LogP contribution in [0.15, 0.2) is 11.3 Å². The standard InChI is InChI=1S/C6H8O2S/c1-2-4-5(7)3-9-6(4)8/h7H,2-3H2,1H3. The summed E-state index contributed by atoms with van der Waals surface area (Å²) < 4.78 is 0. The number of carbonyl (C=O) groups excluding carboxylic acids is 1. The zero-order valence-corrected chi connectivity index (χ0v) is 5.99. The third kappa shape index (κ3) is 1.10. The van der Waals surface area contributed by atoms with Crippen molar-refractivity contribution < 1.29 is 9.90 Å². The Labute approximate surface area is 57.9 Å². The van der Waals surface area contributed by atoms with Crippen molar-refractivity contribution in [3.63, 3.8) is 0 Å². The Morgan fingerprint density at radius 3 is 2.67 bits per heavy atom. The first-order valence-electron chi connectivity index (χ1n) is 2.83. The number of rotatable bonds is 1. The van der Waals surface area contributed by atoms with Gasteiger partial charge in [-0.1, -0.05) is 18.7 Å². The fourth-order valence-electron chi connectivity index (χ4n) is 0.774. The number of aliphatic hydroxyl groups is 1. The van der Waals surface area contributed by atoms with E-state index < -0.39 is 0 Å². The summed E-state index contributed by atoms with van der Waals surface area (Å²) in [7, 11) is 0. The van der Waals surface area contributed by atoms with Crippen molar-refractivity contribution in [2.24, 2.45) is 0 Å². The number of hydrogen-bond donors (Lipinski definition) is 1. The van der Waals surface area contributed by atoms with E-state index in [-0.39, 0.29) is 10.9 Å². The van der Waals surface area contributed by atoms with Crippen LogP contribution >= 0.6 is 11.8 Å². The Hall–Kier alpha value is -0.440. The smallest absolute Gasteiger partial charge is 0.219 e. The third-order valence-electron chi connectivity index (χ3n) is 1.29. The molecule has 0 aromatic heterocycles. The first-order chi connectivity index (χ1) is 4.25. The van der Waals surface area contributed by atoms with Crippen LogP contribution in [0, 0.1) is 0 Å². The van der Waals surface area contributed by atoms with Crippen molar-refractivity contribution in [3.8, 4) is 0 Å². The molecule has 0 radical (unpaired) electrons. The van der Waals surface area contributed by atoms with Crippen LogP contribution < -0.4 is 0 Å². The zero-order chi connectivity index (χ0) is 6.85. The van der Waals surface area contributed by atoms with Gasteiger partial charge < -0.3 is 5.11 Å². The predicted molar refractivity (Wildman–Crippen MR) is 37.4 cm³/mol. The van der Waals surface area contributed by atoms with Gasteiger partial charge in [0.15, 0.2) is 0 Å². The summed E-state index contributed by atoms with van der Waals surface area (Å²) >= 11 is 1.18. The summed E-state index contributed by atoms with van der Waals surface area (Å²) in [6, 6.07) is 0. The second-order valence-corrected chi connectivity index (χ2v) is 2.80. The van der Waals surface area contributed by atoms with Crippen LogP contribution in [0.4, 0.5) is 0 Å². The lowest BCUT2D eigenvalue weighted by molar-refractivity contribution is -0.107. The minimum Gasteiger partial charge on any atom is -0.511 e. The van der Waals surface area contributed by atoms with E-state index >= 15 is 0 Å². The van der Waals surface area contributed by atoms with Crippen molar-refractivity contribution in [1.29, 1.82) is 0 Å². The molecule has 0 unspecified atom stereocenters. The minimum atomic E-state index is 0.0370. The average molecular weight is 144 g/mol. The van der Waals surface area contributed by atoms with Gasteiger partial charge in [0.25, 0.3) is 0 Å². The van der Waals surface area contributed by atoms with Gasteiger partial charge in [-0.25, -0.2) is 0 Å². The Morgan fingerprint density at radius 1 is 1.78 bits per heavy atom. The maximum atomic E-state index is 10.8. The molecule has 0 saturated heterocycles. The molecule has 0 aromatic carbocycles. The Bertz CT molecular complexity index is 172. The van der Waals surface area contributed by atoms with Crippen LogP contribution in [0.3, 0.4) is 0 Å². The van der Waals surface area contributed by atoms with E-state index in [2.05, 4.69) is 0 Å². The van der Waals surface area contributed by atoms with Gasteiger partial charge in [0.2, 0.25) is 5.12 Å². The fraction of sp³-hybridized carbons (Fsp3) is 0.500. The summed E-state index contributed by atoms with van der Waals surface area (Å²) in [6.07, 6.45) is 0.650. The van der Waals surface area contributed by atoms with Crippen molar-refractivity contribution in [2.75, 3.05) is 5.75 Å². The number of carbonyl (C=O) groups is 1. The van der Waals surface area contributed by atoms with Gasteiger partial charge in [0.05, 0.1) is 5.75 Å². The third-order valence-corrected chi connectivity index (χ3v) is 2.21. The first kappa shape index (κ1) is 6.68. The largest absolute Gasteiger partial charge is 0.511 e. The number of hydrogen-bond acceptors (Lipinski definition) is 3. The van der Waals surface area contributed by atoms with Crippen molar-refractivity contribution in [2.45, 2.75) is 13.3 Å². The molecule has 0 amide bonds. The summed E-state index contributed by atoms with van der Waals surface area (Å²) in [6.45, 7) is 1.87. The first-order valence-corrected chi connectivity index (χ1v) is 3.82. The van der Waals surface area contributed by atoms with E-state index in [0.717, 1.165) is 0 Å². The highest BCUT2D eigenvalue weighted by atomic mass is 32.2. The maximum Gasteiger partial charge on any atom is 0.219 e. The van der Waals surface area contributed by atoms with Gasteiger partial charge in [-0.2, -0.15) is 0 Å². The van der Waals surface area contributed by atoms with Gasteiger partial charge in [-0.3, -0.25) is 4.79 Å². The normalized spacial score (nSPS) is 19.4. The molecule has 1 rings (SSSR count). The molecule has 1 aliphatic rings. The molecule has 9 heavy (non-hydrogen) atoms. The molecular weight excluding hydrogens is 136 g/mol. The molecular formula is C6H8O2S. The summed E-state index contributed by atoms with van der Waals surface area (Å²) in [5.41, 5.74) is 0.597. The van der Waals surface area contributed by atoms with E-state index in [9.17, 15) is 4.79 Å². The monoisotopic (exact) mass is 144 g/mol.